The minimum atomic E-state index is -1.29. The van der Waals surface area contributed by atoms with Crippen LogP contribution >= 0.6 is 32.3 Å². The number of hydrogen-bond donors (Lipinski definition) is 0. The van der Waals surface area contributed by atoms with Crippen molar-refractivity contribution in [3.05, 3.63) is 0 Å². The Labute approximate surface area is 81.0 Å². The molecule has 3 aliphatic heterocycles. The first-order valence-electron chi connectivity index (χ1n) is 4.94. The van der Waals surface area contributed by atoms with Crippen molar-refractivity contribution in [3.63, 3.8) is 0 Å². The summed E-state index contributed by atoms with van der Waals surface area (Å²) in [5.74, 6) is 6.72. The molecule has 3 aliphatic rings. The maximum absolute atomic E-state index is 3.24. The van der Waals surface area contributed by atoms with Gasteiger partial charge < -0.3 is 0 Å². The lowest BCUT2D eigenvalue weighted by atomic mass is 10.4. The molecular weight excluding hydrogens is 222 g/mol. The van der Waals surface area contributed by atoms with Gasteiger partial charge in [-0.2, -0.15) is 0 Å². The molecule has 2 unspecified atom stereocenters. The fourth-order valence-corrected chi connectivity index (χ4v) is 46.4. The first-order valence-corrected chi connectivity index (χ1v) is 13.6. The van der Waals surface area contributed by atoms with Gasteiger partial charge in [0, 0.05) is 6.01 Å². The molecule has 0 aromatic rings. The van der Waals surface area contributed by atoms with Gasteiger partial charge in [0.25, 0.3) is 0 Å². The molecular formula is C8H18P2S2. The Morgan fingerprint density at radius 1 is 0.917 bits per heavy atom. The number of hydrogen-bond acceptors (Lipinski definition) is 1. The van der Waals surface area contributed by atoms with E-state index in [4.69, 9.17) is 0 Å². The van der Waals surface area contributed by atoms with Gasteiger partial charge >= 0.3 is 0 Å². The zero-order valence-corrected chi connectivity index (χ0v) is 11.2. The van der Waals surface area contributed by atoms with E-state index < -0.39 is 6.95 Å². The zero-order chi connectivity index (χ0) is 8.35. The van der Waals surface area contributed by atoms with E-state index in [1.165, 1.54) is 0 Å². The summed E-state index contributed by atoms with van der Waals surface area (Å²) in [6.07, 6.45) is 6.28. The number of rotatable bonds is 0. The van der Waals surface area contributed by atoms with Gasteiger partial charge in [0.15, 0.2) is 0 Å². The lowest BCUT2D eigenvalue weighted by Crippen LogP contribution is -2.21. The van der Waals surface area contributed by atoms with Gasteiger partial charge in [-0.15, -0.1) is 0 Å². The maximum Gasteiger partial charge on any atom is 0.0180 e. The SMILES string of the molecule is PP1SS123(CCCC2)CCCC3. The second-order valence-corrected chi connectivity index (χ2v) is 28.2. The quantitative estimate of drug-likeness (QED) is 0.347. The normalized spacial score (nSPS) is 51.2. The Balaban J connectivity index is 2.13. The summed E-state index contributed by atoms with van der Waals surface area (Å²) in [4.78, 5) is 0. The summed E-state index contributed by atoms with van der Waals surface area (Å²) in [5, 5.41) is 0. The molecule has 3 saturated heterocycles. The Morgan fingerprint density at radius 3 is 1.50 bits per heavy atom. The standard InChI is InChI=1S/C8H18P2S2/c9-10-11-12(10,5-1-2-6-12)7-3-4-8-12/h1-9H2. The van der Waals surface area contributed by atoms with Gasteiger partial charge in [-0.3, -0.25) is 0 Å². The molecule has 0 aliphatic carbocycles. The molecule has 0 bridgehead atoms. The molecule has 0 N–H and O–H groups in total. The van der Waals surface area contributed by atoms with E-state index in [-0.39, 0.29) is 0 Å². The molecule has 0 aromatic carbocycles. The average Bonchev–Trinajstić information content (AvgIpc) is 2.48. The van der Waals surface area contributed by atoms with Gasteiger partial charge in [0.2, 0.25) is 0 Å². The smallest absolute Gasteiger partial charge is 0.0180 e. The highest BCUT2D eigenvalue weighted by molar-refractivity contribution is 9.73. The summed E-state index contributed by atoms with van der Waals surface area (Å²) in [7, 11) is 5.74. The van der Waals surface area contributed by atoms with Gasteiger partial charge in [0.05, 0.1) is 0 Å². The fraction of sp³-hybridized carbons (Fsp3) is 1.00. The van der Waals surface area contributed by atoms with Crippen LogP contribution in [0.15, 0.2) is 0 Å². The highest BCUT2D eigenvalue weighted by Gasteiger charge is 2.79. The molecule has 1 spiro atoms. The van der Waals surface area contributed by atoms with Crippen molar-refractivity contribution < 1.29 is 0 Å². The first-order chi connectivity index (χ1) is 5.66. The van der Waals surface area contributed by atoms with Crippen LogP contribution in [0.1, 0.15) is 25.7 Å². The molecule has 12 heavy (non-hydrogen) atoms. The van der Waals surface area contributed by atoms with E-state index in [0.717, 1.165) is 0 Å². The van der Waals surface area contributed by atoms with E-state index >= 15 is 0 Å². The van der Waals surface area contributed by atoms with Crippen LogP contribution in [-0.4, -0.2) is 23.0 Å². The lowest BCUT2D eigenvalue weighted by molar-refractivity contribution is 0.949. The largest absolute Gasteiger partial charge is 0.207 e. The van der Waals surface area contributed by atoms with E-state index in [1.807, 2.05) is 0 Å². The van der Waals surface area contributed by atoms with Crippen molar-refractivity contribution in [2.24, 2.45) is 0 Å². The maximum atomic E-state index is 3.24. The Kier molecular flexibility index (Phi) is 1.52. The van der Waals surface area contributed by atoms with Crippen LogP contribution in [0.5, 0.6) is 0 Å². The highest BCUT2D eigenvalue weighted by Crippen LogP contribution is 3.37. The minimum absolute atomic E-state index is 0.389. The molecule has 0 amide bonds. The summed E-state index contributed by atoms with van der Waals surface area (Å²) >= 11 is 0. The third-order valence-corrected chi connectivity index (χ3v) is 42.1. The molecule has 4 heteroatoms. The molecule has 3 rings (SSSR count). The van der Waals surface area contributed by atoms with E-state index in [0.29, 0.717) is 6.01 Å². The van der Waals surface area contributed by atoms with Gasteiger partial charge in [0.1, 0.15) is 0 Å². The van der Waals surface area contributed by atoms with Crippen LogP contribution in [0.4, 0.5) is 0 Å². The highest BCUT2D eigenvalue weighted by atomic mass is 33.9. The topological polar surface area (TPSA) is 0 Å². The lowest BCUT2D eigenvalue weighted by Gasteiger charge is -2.57. The molecule has 3 heterocycles. The molecule has 3 fully saturated rings. The molecule has 0 aromatic heterocycles. The summed E-state index contributed by atoms with van der Waals surface area (Å²) < 4.78 is 0. The van der Waals surface area contributed by atoms with Crippen molar-refractivity contribution in [2.75, 3.05) is 23.0 Å². The van der Waals surface area contributed by atoms with Crippen molar-refractivity contribution in [1.29, 1.82) is 0 Å². The summed E-state index contributed by atoms with van der Waals surface area (Å²) in [6.45, 7) is -1.29. The van der Waals surface area contributed by atoms with Crippen molar-refractivity contribution >= 4 is 32.3 Å². The second-order valence-electron chi connectivity index (χ2n) is 4.88. The summed E-state index contributed by atoms with van der Waals surface area (Å²) in [6, 6.07) is 0.389. The molecule has 0 saturated carbocycles. The molecule has 2 atom stereocenters. The first kappa shape index (κ1) is 8.84. The van der Waals surface area contributed by atoms with E-state index in [2.05, 4.69) is 19.3 Å². The van der Waals surface area contributed by atoms with E-state index in [1.54, 1.807) is 48.7 Å². The van der Waals surface area contributed by atoms with Crippen molar-refractivity contribution in [3.8, 4) is 0 Å². The summed E-state index contributed by atoms with van der Waals surface area (Å²) in [5.41, 5.74) is 0. The van der Waals surface area contributed by atoms with Crippen LogP contribution in [0, 0.1) is 0 Å². The van der Waals surface area contributed by atoms with Crippen LogP contribution in [0.2, 0.25) is 0 Å². The predicted octanol–water partition coefficient (Wildman–Crippen LogP) is 4.21. The third kappa shape index (κ3) is 0.712. The van der Waals surface area contributed by atoms with Gasteiger partial charge in [-0.05, 0) is 48.7 Å². The minimum Gasteiger partial charge on any atom is -0.207 e. The van der Waals surface area contributed by atoms with Gasteiger partial charge in [-0.25, -0.2) is 6.95 Å². The molecule has 0 nitrogen and oxygen atoms in total. The molecule has 0 radical (unpaired) electrons. The third-order valence-electron chi connectivity index (χ3n) is 4.39. The van der Waals surface area contributed by atoms with Gasteiger partial charge in [-0.1, -0.05) is 19.3 Å². The monoisotopic (exact) mass is 240 g/mol. The van der Waals surface area contributed by atoms with Crippen LogP contribution in [0.25, 0.3) is 0 Å². The van der Waals surface area contributed by atoms with Crippen molar-refractivity contribution in [1.82, 2.24) is 0 Å². The van der Waals surface area contributed by atoms with Crippen LogP contribution in [0.3, 0.4) is 0 Å². The zero-order valence-electron chi connectivity index (χ0n) is 7.50. The Hall–Kier alpha value is 1.56. The predicted molar refractivity (Wildman–Crippen MR) is 69.7 cm³/mol. The fourth-order valence-electron chi connectivity index (χ4n) is 3.48. The van der Waals surface area contributed by atoms with Crippen LogP contribution in [-0.2, 0) is 0 Å². The Bertz CT molecular complexity index is 224. The van der Waals surface area contributed by atoms with Crippen LogP contribution < -0.4 is 0 Å². The van der Waals surface area contributed by atoms with Crippen molar-refractivity contribution in [2.45, 2.75) is 25.7 Å². The Morgan fingerprint density at radius 2 is 1.25 bits per heavy atom. The average molecular weight is 240 g/mol. The second kappa shape index (κ2) is 2.06. The van der Waals surface area contributed by atoms with E-state index in [9.17, 15) is 0 Å². The molecule has 72 valence electrons.